The van der Waals surface area contributed by atoms with E-state index in [1.807, 2.05) is 33.9 Å². The summed E-state index contributed by atoms with van der Waals surface area (Å²) in [5.41, 5.74) is 7.69. The second kappa shape index (κ2) is 10.0. The Labute approximate surface area is 215 Å². The zero-order valence-electron chi connectivity index (χ0n) is 20.6. The van der Waals surface area contributed by atoms with E-state index in [1.165, 1.54) is 15.6 Å². The van der Waals surface area contributed by atoms with Crippen molar-refractivity contribution in [3.05, 3.63) is 22.2 Å². The van der Waals surface area contributed by atoms with Gasteiger partial charge in [-0.3, -0.25) is 20.3 Å². The molecule has 13 heteroatoms. The highest BCUT2D eigenvalue weighted by Gasteiger charge is 2.38. The van der Waals surface area contributed by atoms with E-state index in [-0.39, 0.29) is 28.8 Å². The Morgan fingerprint density at radius 1 is 1.31 bits per heavy atom. The summed E-state index contributed by atoms with van der Waals surface area (Å²) >= 11 is 6.86. The number of carbonyl (C=O) groups excluding carboxylic acids is 1. The lowest BCUT2D eigenvalue weighted by atomic mass is 9.94. The average molecular weight is 540 g/mol. The predicted molar refractivity (Wildman–Crippen MR) is 142 cm³/mol. The summed E-state index contributed by atoms with van der Waals surface area (Å²) < 4.78 is 30.3. The van der Waals surface area contributed by atoms with Crippen LogP contribution in [0.4, 0.5) is 10.8 Å². The molecule has 4 N–H and O–H groups in total. The van der Waals surface area contributed by atoms with Crippen molar-refractivity contribution in [1.29, 1.82) is 0 Å². The van der Waals surface area contributed by atoms with Crippen molar-refractivity contribution in [1.82, 2.24) is 24.8 Å². The molecule has 0 saturated heterocycles. The summed E-state index contributed by atoms with van der Waals surface area (Å²) in [4.78, 5) is 13.8. The van der Waals surface area contributed by atoms with Crippen molar-refractivity contribution in [2.24, 2.45) is 13.0 Å². The van der Waals surface area contributed by atoms with Crippen LogP contribution in [0.25, 0.3) is 0 Å². The van der Waals surface area contributed by atoms with Crippen LogP contribution in [0.3, 0.4) is 0 Å². The molecular formula is C22H33N7O3S3. The highest BCUT2D eigenvalue weighted by molar-refractivity contribution is 7.89. The van der Waals surface area contributed by atoms with Crippen LogP contribution in [0, 0.1) is 12.8 Å². The standard InChI is InChI=1S/C22H33N7O3S3/c1-12(2)29(5)35(31,32)19-16-11-15(23-22(33)26-25-18-10-13(3)27-28(18)4)8-9-17(16)34-21(19)24-20(30)14-6-7-14/h10,12,14-15,25H,6-9,11H2,1-5H3,(H,24,30)(H2,23,26,33). The predicted octanol–water partition coefficient (Wildman–Crippen LogP) is 2.52. The maximum absolute atomic E-state index is 13.6. The fourth-order valence-electron chi connectivity index (χ4n) is 4.09. The van der Waals surface area contributed by atoms with Crippen molar-refractivity contribution in [3.63, 3.8) is 0 Å². The summed E-state index contributed by atoms with van der Waals surface area (Å²) in [7, 11) is -0.369. The number of nitrogens with one attached hydrogen (secondary N) is 4. The third-order valence-corrected chi connectivity index (χ3v) is 10.1. The van der Waals surface area contributed by atoms with Gasteiger partial charge < -0.3 is 10.6 Å². The highest BCUT2D eigenvalue weighted by Crippen LogP contribution is 2.43. The first-order valence-electron chi connectivity index (χ1n) is 11.7. The lowest BCUT2D eigenvalue weighted by molar-refractivity contribution is -0.117. The number of sulfonamides is 1. The van der Waals surface area contributed by atoms with Gasteiger partial charge in [-0.15, -0.1) is 11.3 Å². The molecule has 2 heterocycles. The number of rotatable bonds is 8. The van der Waals surface area contributed by atoms with Gasteiger partial charge in [0.15, 0.2) is 5.11 Å². The Morgan fingerprint density at radius 2 is 2.03 bits per heavy atom. The topological polar surface area (TPSA) is 120 Å². The minimum atomic E-state index is -3.79. The van der Waals surface area contributed by atoms with E-state index in [0.717, 1.165) is 41.2 Å². The molecule has 35 heavy (non-hydrogen) atoms. The van der Waals surface area contributed by atoms with Crippen LogP contribution >= 0.6 is 23.6 Å². The van der Waals surface area contributed by atoms with E-state index in [4.69, 9.17) is 12.2 Å². The Hall–Kier alpha value is -2.22. The van der Waals surface area contributed by atoms with Gasteiger partial charge in [0.2, 0.25) is 15.9 Å². The molecule has 4 rings (SSSR count). The van der Waals surface area contributed by atoms with Crippen LogP contribution in [-0.4, -0.2) is 52.7 Å². The minimum absolute atomic E-state index is 0.0129. The van der Waals surface area contributed by atoms with Crippen LogP contribution in [0.1, 0.15) is 49.2 Å². The second-order valence-electron chi connectivity index (χ2n) is 9.50. The first kappa shape index (κ1) is 25.9. The number of nitrogens with zero attached hydrogens (tertiary/aromatic N) is 3. The Morgan fingerprint density at radius 3 is 2.63 bits per heavy atom. The van der Waals surface area contributed by atoms with Crippen molar-refractivity contribution in [2.45, 2.75) is 69.9 Å². The van der Waals surface area contributed by atoms with E-state index in [0.29, 0.717) is 23.0 Å². The molecule has 10 nitrogen and oxygen atoms in total. The van der Waals surface area contributed by atoms with Crippen molar-refractivity contribution >= 4 is 55.4 Å². The number of amides is 1. The Kier molecular flexibility index (Phi) is 7.41. The lowest BCUT2D eigenvalue weighted by Crippen LogP contribution is -2.46. The fourth-order valence-corrected chi connectivity index (χ4v) is 7.60. The molecule has 0 spiro atoms. The van der Waals surface area contributed by atoms with Crippen LogP contribution < -0.4 is 21.5 Å². The quantitative estimate of drug-likeness (QED) is 0.298. The lowest BCUT2D eigenvalue weighted by Gasteiger charge is -2.27. The number of carbonyl (C=O) groups is 1. The van der Waals surface area contributed by atoms with Gasteiger partial charge in [-0.25, -0.2) is 8.42 Å². The van der Waals surface area contributed by atoms with Gasteiger partial charge >= 0.3 is 0 Å². The highest BCUT2D eigenvalue weighted by atomic mass is 32.2. The molecule has 2 aliphatic rings. The van der Waals surface area contributed by atoms with Gasteiger partial charge in [0.25, 0.3) is 0 Å². The first-order chi connectivity index (χ1) is 16.5. The minimum Gasteiger partial charge on any atom is -0.358 e. The summed E-state index contributed by atoms with van der Waals surface area (Å²) in [5.74, 6) is 0.668. The fraction of sp³-hybridized carbons (Fsp3) is 0.591. The summed E-state index contributed by atoms with van der Waals surface area (Å²) in [5, 5.41) is 11.4. The molecular weight excluding hydrogens is 506 g/mol. The normalized spacial score (nSPS) is 17.9. The van der Waals surface area contributed by atoms with E-state index >= 15 is 0 Å². The molecule has 0 bridgehead atoms. The van der Waals surface area contributed by atoms with Crippen molar-refractivity contribution in [2.75, 3.05) is 17.8 Å². The molecule has 1 atom stereocenters. The summed E-state index contributed by atoms with van der Waals surface area (Å²) in [6.07, 6.45) is 3.72. The Balaban J connectivity index is 1.53. The molecule has 1 fully saturated rings. The molecule has 192 valence electrons. The average Bonchev–Trinajstić information content (AvgIpc) is 3.50. The number of hydrogen-bond donors (Lipinski definition) is 4. The molecule has 2 aromatic heterocycles. The first-order valence-corrected chi connectivity index (χ1v) is 14.4. The SMILES string of the molecule is Cc1cc(NNC(=S)NC2CCc3sc(NC(=O)C4CC4)c(S(=O)(=O)N(C)C(C)C)c3C2)n(C)n1. The summed E-state index contributed by atoms with van der Waals surface area (Å²) in [6.45, 7) is 5.58. The molecule has 2 aromatic rings. The van der Waals surface area contributed by atoms with Gasteiger partial charge in [0, 0.05) is 43.0 Å². The third-order valence-electron chi connectivity index (χ3n) is 6.40. The maximum Gasteiger partial charge on any atom is 0.246 e. The molecule has 0 aliphatic heterocycles. The summed E-state index contributed by atoms with van der Waals surface area (Å²) in [6, 6.07) is 1.64. The van der Waals surface area contributed by atoms with Gasteiger partial charge in [0.1, 0.15) is 15.7 Å². The number of aryl methyl sites for hydroxylation is 3. The number of aromatic nitrogens is 2. The monoisotopic (exact) mass is 539 g/mol. The van der Waals surface area contributed by atoms with Crippen LogP contribution in [0.15, 0.2) is 11.0 Å². The number of thiocarbonyl (C=S) groups is 1. The zero-order chi connectivity index (χ0) is 25.5. The number of anilines is 2. The Bertz CT molecular complexity index is 1230. The smallest absolute Gasteiger partial charge is 0.246 e. The van der Waals surface area contributed by atoms with E-state index in [1.54, 1.807) is 11.7 Å². The zero-order valence-corrected chi connectivity index (χ0v) is 23.1. The molecule has 1 saturated carbocycles. The van der Waals surface area contributed by atoms with E-state index < -0.39 is 10.0 Å². The van der Waals surface area contributed by atoms with Gasteiger partial charge in [0.05, 0.1) is 5.69 Å². The molecule has 2 aliphatic carbocycles. The maximum atomic E-state index is 13.6. The van der Waals surface area contributed by atoms with Crippen LogP contribution in [-0.2, 0) is 34.7 Å². The molecule has 0 aromatic carbocycles. The van der Waals surface area contributed by atoms with Gasteiger partial charge in [-0.2, -0.15) is 9.40 Å². The third kappa shape index (κ3) is 5.63. The van der Waals surface area contributed by atoms with Gasteiger partial charge in [-0.1, -0.05) is 0 Å². The number of thiophene rings is 1. The van der Waals surface area contributed by atoms with Gasteiger partial charge in [-0.05, 0) is 70.7 Å². The number of fused-ring (bicyclic) bond motifs is 1. The number of hydrazine groups is 1. The van der Waals surface area contributed by atoms with E-state index in [9.17, 15) is 13.2 Å². The van der Waals surface area contributed by atoms with Crippen LogP contribution in [0.2, 0.25) is 0 Å². The van der Waals surface area contributed by atoms with Crippen LogP contribution in [0.5, 0.6) is 0 Å². The molecule has 1 amide bonds. The van der Waals surface area contributed by atoms with Crippen molar-refractivity contribution < 1.29 is 13.2 Å². The largest absolute Gasteiger partial charge is 0.358 e. The number of hydrogen-bond acceptors (Lipinski definition) is 7. The second-order valence-corrected chi connectivity index (χ2v) is 12.9. The van der Waals surface area contributed by atoms with E-state index in [2.05, 4.69) is 26.6 Å². The van der Waals surface area contributed by atoms with Crippen molar-refractivity contribution in [3.8, 4) is 0 Å². The molecule has 0 radical (unpaired) electrons. The molecule has 1 unspecified atom stereocenters.